The Morgan fingerprint density at radius 2 is 0.471 bits per heavy atom. The average molecular weight is 349 g/mol. The molecule has 0 radical (unpaired) electrons. The van der Waals surface area contributed by atoms with Gasteiger partial charge in [-0.3, -0.25) is 0 Å². The van der Waals surface area contributed by atoms with Crippen LogP contribution in [-0.4, -0.2) is 0 Å². The van der Waals surface area contributed by atoms with Crippen LogP contribution >= 0.6 is 0 Å². The molecule has 4 N–H and O–H groups in total. The molecule has 0 spiro atoms. The van der Waals surface area contributed by atoms with Gasteiger partial charge in [0, 0.05) is 0 Å². The minimum absolute atomic E-state index is 0. The molecule has 0 rings (SSSR count). The van der Waals surface area contributed by atoms with Crippen LogP contribution in [0.5, 0.6) is 0 Å². The van der Waals surface area contributed by atoms with E-state index in [-0.39, 0.29) is 25.6 Å². The molecule has 0 aliphatic carbocycles. The van der Waals surface area contributed by atoms with Crippen molar-refractivity contribution >= 4 is 0 Å². The van der Waals surface area contributed by atoms with Gasteiger partial charge < -0.3 is 56.7 Å². The number of hydrogen-bond acceptors (Lipinski definition) is 15. The van der Waals surface area contributed by atoms with E-state index in [0.717, 1.165) is 26.7 Å². The molecular formula is H4N6O10Ru. The van der Waals surface area contributed by atoms with Gasteiger partial charge >= 0.3 is 19.5 Å². The molecular weight excluding hydrogens is 345 g/mol. The van der Waals surface area contributed by atoms with Crippen LogP contribution in [0, 0.1) is 50.6 Å². The Kier molecular flexibility index (Phi) is 887. The number of rotatable bonds is 0. The summed E-state index contributed by atoms with van der Waals surface area (Å²) in [5.74, 6) is 0. The molecule has 102 valence electrons. The summed E-state index contributed by atoms with van der Waals surface area (Å²) in [6.45, 7) is 0. The largest absolute Gasteiger partial charge is 4.00 e. The van der Waals surface area contributed by atoms with Gasteiger partial charge in [-0.2, -0.15) is 0 Å². The summed E-state index contributed by atoms with van der Waals surface area (Å²) in [6.07, 6.45) is 0. The maximum atomic E-state index is 8.00. The summed E-state index contributed by atoms with van der Waals surface area (Å²) < 4.78 is 0. The van der Waals surface area contributed by atoms with Crippen LogP contribution in [0.15, 0.2) is 26.7 Å². The van der Waals surface area contributed by atoms with E-state index in [0.29, 0.717) is 0 Å². The van der Waals surface area contributed by atoms with E-state index in [2.05, 4.69) is 0 Å². The molecule has 0 aromatic heterocycles. The van der Waals surface area contributed by atoms with Crippen LogP contribution in [0.3, 0.4) is 0 Å². The topological polar surface area (TPSA) is 299 Å². The number of quaternary nitrogens is 1. The van der Waals surface area contributed by atoms with Crippen molar-refractivity contribution in [2.75, 3.05) is 0 Å². The molecule has 0 saturated carbocycles. The second-order valence-electron chi connectivity index (χ2n) is 0.373. The first-order chi connectivity index (χ1) is 7.07. The van der Waals surface area contributed by atoms with E-state index < -0.39 is 0 Å². The van der Waals surface area contributed by atoms with Gasteiger partial charge in [0.25, 0.3) is 0 Å². The predicted octanol–water partition coefficient (Wildman–Crippen LogP) is 1.63. The zero-order valence-electron chi connectivity index (χ0n) is 7.67. The average Bonchev–Trinajstić information content (AvgIpc) is 2.09. The molecule has 0 amide bonds. The monoisotopic (exact) mass is 350 g/mol. The number of hydrogen-bond donors (Lipinski definition) is 1. The predicted molar refractivity (Wildman–Crippen MR) is 51.8 cm³/mol. The molecule has 0 aliphatic rings. The molecule has 17 heteroatoms. The molecule has 0 unspecified atom stereocenters. The number of nitrogens with zero attached hydrogens (tertiary/aromatic N) is 5. The molecule has 0 fully saturated rings. The van der Waals surface area contributed by atoms with E-state index in [1.807, 2.05) is 0 Å². The summed E-state index contributed by atoms with van der Waals surface area (Å²) in [6, 6.07) is 0. The smallest absolute Gasteiger partial charge is 0.444 e. The van der Waals surface area contributed by atoms with Crippen molar-refractivity contribution in [3.05, 3.63) is 50.6 Å². The van der Waals surface area contributed by atoms with Crippen molar-refractivity contribution in [1.29, 1.82) is 0 Å². The summed E-state index contributed by atoms with van der Waals surface area (Å²) in [5, 5.41) is 45.0. The summed E-state index contributed by atoms with van der Waals surface area (Å²) >= 11 is 0. The third kappa shape index (κ3) is 312. The molecule has 0 bridgehead atoms. The Labute approximate surface area is 104 Å². The van der Waals surface area contributed by atoms with Crippen molar-refractivity contribution in [2.45, 2.75) is 0 Å². The molecule has 17 heavy (non-hydrogen) atoms. The summed E-state index contributed by atoms with van der Waals surface area (Å²) in [5.41, 5.74) is 0. The molecule has 0 heterocycles. The Balaban J connectivity index is -0.0000000143. The molecule has 0 aliphatic heterocycles. The van der Waals surface area contributed by atoms with E-state index in [9.17, 15) is 0 Å². The fraction of sp³-hybridized carbons (Fsp3) is 0. The molecule has 16 nitrogen and oxygen atoms in total. The van der Waals surface area contributed by atoms with E-state index >= 15 is 0 Å². The van der Waals surface area contributed by atoms with Crippen LogP contribution in [0.2, 0.25) is 0 Å². The maximum absolute atomic E-state index is 8.00. The van der Waals surface area contributed by atoms with Crippen LogP contribution in [0.4, 0.5) is 0 Å². The van der Waals surface area contributed by atoms with Crippen molar-refractivity contribution in [3.8, 4) is 0 Å². The molecule has 0 atom stereocenters. The van der Waals surface area contributed by atoms with Gasteiger partial charge in [0.1, 0.15) is 0 Å². The van der Waals surface area contributed by atoms with E-state index in [1.165, 1.54) is 0 Å². The van der Waals surface area contributed by atoms with Crippen LogP contribution in [-0.2, 0) is 19.5 Å². The first-order valence-corrected chi connectivity index (χ1v) is 1.83. The second-order valence-corrected chi connectivity index (χ2v) is 0.373. The van der Waals surface area contributed by atoms with Crippen LogP contribution in [0.1, 0.15) is 0 Å². The molecule has 0 aromatic rings. The zero-order valence-corrected chi connectivity index (χ0v) is 9.41. The van der Waals surface area contributed by atoms with Gasteiger partial charge in [0.15, 0.2) is 0 Å². The van der Waals surface area contributed by atoms with Crippen molar-refractivity contribution in [2.24, 2.45) is 26.7 Å². The molecule has 0 aromatic carbocycles. The second kappa shape index (κ2) is 322. The van der Waals surface area contributed by atoms with E-state index in [1.54, 1.807) is 0 Å². The van der Waals surface area contributed by atoms with Crippen LogP contribution in [0.25, 0.3) is 0 Å². The van der Waals surface area contributed by atoms with Gasteiger partial charge in [0.05, 0.1) is 0 Å². The summed E-state index contributed by atoms with van der Waals surface area (Å²) in [7, 11) is 0. The van der Waals surface area contributed by atoms with Crippen LogP contribution < -0.4 is 6.15 Å². The fourth-order valence-corrected chi connectivity index (χ4v) is 0. The van der Waals surface area contributed by atoms with Gasteiger partial charge in [0.2, 0.25) is 0 Å². The standard InChI is InChI=1S/5HNO2.H3N.Ru/c5*2-1-3;;/h5*(H,2,3);1H3;/q;;;;;;+4/p-4. The van der Waals surface area contributed by atoms with E-state index in [4.69, 9.17) is 50.6 Å². The van der Waals surface area contributed by atoms with Gasteiger partial charge in [-0.25, -0.2) is 0 Å². The Bertz CT molecular complexity index is 93.1. The Hall–Kier alpha value is -2.42. The summed E-state index contributed by atoms with van der Waals surface area (Å²) in [4.78, 5) is 40.0. The van der Waals surface area contributed by atoms with Crippen molar-refractivity contribution < 1.29 is 19.5 Å². The van der Waals surface area contributed by atoms with Gasteiger partial charge in [-0.1, -0.05) is 0 Å². The molecule has 0 saturated heterocycles. The van der Waals surface area contributed by atoms with Crippen molar-refractivity contribution in [3.63, 3.8) is 0 Å². The quantitative estimate of drug-likeness (QED) is 0.373. The maximum Gasteiger partial charge on any atom is 4.00 e. The van der Waals surface area contributed by atoms with Gasteiger partial charge in [-0.05, 0) is 0 Å². The third-order valence-corrected chi connectivity index (χ3v) is 0. The normalized spacial score (nSPS) is 3.53. The van der Waals surface area contributed by atoms with Gasteiger partial charge in [-0.15, -0.1) is 26.7 Å². The fourth-order valence-electron chi connectivity index (χ4n) is 0. The Morgan fingerprint density at radius 3 is 0.471 bits per heavy atom. The third-order valence-electron chi connectivity index (χ3n) is 0. The SMILES string of the molecule is O=N[O-].O=N[O-].O=N[O-].O=N[O-].O=N[O-].[NH4+].[Ru+4]. The minimum Gasteiger partial charge on any atom is -0.444 e. The first kappa shape index (κ1) is 46.8. The van der Waals surface area contributed by atoms with Crippen molar-refractivity contribution in [1.82, 2.24) is 6.15 Å². The zero-order chi connectivity index (χ0) is 13.5. The Morgan fingerprint density at radius 1 is 0.471 bits per heavy atom. The minimum atomic E-state index is 0. The first-order valence-electron chi connectivity index (χ1n) is 1.83.